The first-order valence-electron chi connectivity index (χ1n) is 15.4. The Labute approximate surface area is 309 Å². The van der Waals surface area contributed by atoms with Gasteiger partial charge in [-0.2, -0.15) is 0 Å². The van der Waals surface area contributed by atoms with Crippen molar-refractivity contribution in [3.05, 3.63) is 67.2 Å². The summed E-state index contributed by atoms with van der Waals surface area (Å²) in [5.74, 6) is 0. The molecular formula is C36H46Br2S6. The molecule has 240 valence electrons. The van der Waals surface area contributed by atoms with E-state index < -0.39 is 0 Å². The lowest BCUT2D eigenvalue weighted by Crippen LogP contribution is -1.86. The minimum atomic E-state index is 1.20. The van der Waals surface area contributed by atoms with E-state index in [1.165, 1.54) is 123 Å². The third-order valence-electron chi connectivity index (χ3n) is 7.45. The second-order valence-corrected chi connectivity index (χ2v) is 18.5. The number of hydrogen-bond acceptors (Lipinski definition) is 6. The van der Waals surface area contributed by atoms with Gasteiger partial charge >= 0.3 is 0 Å². The van der Waals surface area contributed by atoms with Crippen molar-refractivity contribution in [2.75, 3.05) is 25.0 Å². The molecule has 2 aromatic carbocycles. The first-order valence-corrected chi connectivity index (χ1v) is 23.5. The highest BCUT2D eigenvalue weighted by Gasteiger charge is 2.20. The van der Waals surface area contributed by atoms with Crippen molar-refractivity contribution < 1.29 is 0 Å². The molecule has 4 aromatic rings. The van der Waals surface area contributed by atoms with E-state index in [2.05, 4.69) is 119 Å². The van der Waals surface area contributed by atoms with Crippen LogP contribution in [0.3, 0.4) is 0 Å². The number of rotatable bonds is 16. The average Bonchev–Trinajstić information content (AvgIpc) is 3.57. The van der Waals surface area contributed by atoms with Gasteiger partial charge in [0.05, 0.1) is 7.57 Å². The molecule has 0 aliphatic heterocycles. The molecular weight excluding hydrogens is 785 g/mol. The fourth-order valence-corrected chi connectivity index (χ4v) is 14.7. The van der Waals surface area contributed by atoms with E-state index in [1.807, 2.05) is 34.9 Å². The van der Waals surface area contributed by atoms with E-state index in [4.69, 9.17) is 0 Å². The number of thiophene rings is 2. The van der Waals surface area contributed by atoms with Crippen LogP contribution in [-0.4, -0.2) is 25.0 Å². The highest BCUT2D eigenvalue weighted by Crippen LogP contribution is 2.50. The Bertz CT molecular complexity index is 1290. The largest absolute Gasteiger partial charge is 0.133 e. The molecule has 0 saturated carbocycles. The lowest BCUT2D eigenvalue weighted by Gasteiger charge is -2.06. The zero-order valence-electron chi connectivity index (χ0n) is 26.9. The third kappa shape index (κ3) is 11.1. The van der Waals surface area contributed by atoms with Crippen LogP contribution in [0.25, 0.3) is 20.9 Å². The molecule has 8 heteroatoms. The van der Waals surface area contributed by atoms with Crippen molar-refractivity contribution >= 4 is 102 Å². The van der Waals surface area contributed by atoms with E-state index in [1.54, 1.807) is 34.9 Å². The van der Waals surface area contributed by atoms with Gasteiger partial charge in [-0.15, -0.1) is 69.7 Å². The predicted octanol–water partition coefficient (Wildman–Crippen LogP) is 15.5. The van der Waals surface area contributed by atoms with E-state index in [0.29, 0.717) is 0 Å². The summed E-state index contributed by atoms with van der Waals surface area (Å²) in [6.07, 6.45) is 21.6. The van der Waals surface area contributed by atoms with Gasteiger partial charge in [0.1, 0.15) is 0 Å². The Morgan fingerprint density at radius 1 is 0.477 bits per heavy atom. The quantitative estimate of drug-likeness (QED) is 0.0814. The van der Waals surface area contributed by atoms with E-state index in [9.17, 15) is 0 Å². The number of aryl methyl sites for hydroxylation is 2. The number of hydrogen-bond donors (Lipinski definition) is 0. The molecule has 0 aliphatic rings. The zero-order chi connectivity index (χ0) is 31.9. The molecule has 0 radical (unpaired) electrons. The topological polar surface area (TPSA) is 0 Å². The Morgan fingerprint density at radius 2 is 0.841 bits per heavy atom. The molecule has 0 spiro atoms. The lowest BCUT2D eigenvalue weighted by molar-refractivity contribution is 0.667. The van der Waals surface area contributed by atoms with Crippen LogP contribution in [0.15, 0.2) is 75.7 Å². The van der Waals surface area contributed by atoms with Gasteiger partial charge in [0, 0.05) is 29.3 Å². The second kappa shape index (κ2) is 21.2. The monoisotopic (exact) mass is 828 g/mol. The maximum atomic E-state index is 3.52. The minimum absolute atomic E-state index is 1.20. The number of thioether (sulfide) groups is 4. The van der Waals surface area contributed by atoms with Gasteiger partial charge in [-0.25, -0.2) is 0 Å². The molecule has 0 unspecified atom stereocenters. The molecule has 0 nitrogen and oxygen atoms in total. The normalized spacial score (nSPS) is 11.1. The summed E-state index contributed by atoms with van der Waals surface area (Å²) in [7, 11) is 0. The molecule has 0 N–H and O–H groups in total. The smallest absolute Gasteiger partial charge is 0.0857 e. The van der Waals surface area contributed by atoms with Gasteiger partial charge in [0.15, 0.2) is 0 Å². The van der Waals surface area contributed by atoms with Gasteiger partial charge in [-0.05, 0) is 105 Å². The number of benzene rings is 2. The summed E-state index contributed by atoms with van der Waals surface area (Å²) >= 11 is 18.1. The molecule has 0 bridgehead atoms. The van der Waals surface area contributed by atoms with E-state index in [-0.39, 0.29) is 0 Å². The highest BCUT2D eigenvalue weighted by atomic mass is 79.9. The molecule has 44 heavy (non-hydrogen) atoms. The second-order valence-electron chi connectivity index (χ2n) is 10.6. The average molecular weight is 831 g/mol. The van der Waals surface area contributed by atoms with Crippen molar-refractivity contribution in [1.29, 1.82) is 0 Å². The Kier molecular flexibility index (Phi) is 18.6. The summed E-state index contributed by atoms with van der Waals surface area (Å²) in [5, 5.41) is 0. The van der Waals surface area contributed by atoms with Crippen LogP contribution in [0.2, 0.25) is 0 Å². The first kappa shape index (κ1) is 38.6. The van der Waals surface area contributed by atoms with Crippen LogP contribution in [0.4, 0.5) is 0 Å². The van der Waals surface area contributed by atoms with Gasteiger partial charge in [-0.1, -0.05) is 101 Å². The van der Waals surface area contributed by atoms with Crippen molar-refractivity contribution in [2.24, 2.45) is 0 Å². The van der Waals surface area contributed by atoms with Crippen LogP contribution < -0.4 is 0 Å². The fourth-order valence-electron chi connectivity index (χ4n) is 5.00. The predicted molar refractivity (Wildman–Crippen MR) is 218 cm³/mol. The van der Waals surface area contributed by atoms with E-state index in [0.717, 1.165) is 0 Å². The van der Waals surface area contributed by atoms with Crippen LogP contribution in [0.5, 0.6) is 0 Å². The van der Waals surface area contributed by atoms with Crippen molar-refractivity contribution in [3.8, 4) is 20.9 Å². The summed E-state index contributed by atoms with van der Waals surface area (Å²) in [6, 6.07) is 18.7. The van der Waals surface area contributed by atoms with Crippen molar-refractivity contribution in [3.63, 3.8) is 0 Å². The highest BCUT2D eigenvalue weighted by molar-refractivity contribution is 9.12. The molecule has 0 saturated heterocycles. The number of unbranched alkanes of at least 4 members (excludes halogenated alkanes) is 6. The van der Waals surface area contributed by atoms with Crippen LogP contribution in [-0.2, 0) is 12.8 Å². The van der Waals surface area contributed by atoms with E-state index >= 15 is 0 Å². The molecule has 0 aliphatic carbocycles. The molecule has 0 fully saturated rings. The Morgan fingerprint density at radius 3 is 1.16 bits per heavy atom. The van der Waals surface area contributed by atoms with Crippen LogP contribution in [0.1, 0.15) is 76.3 Å². The summed E-state index contributed by atoms with van der Waals surface area (Å²) in [5.41, 5.74) is 5.65. The summed E-state index contributed by atoms with van der Waals surface area (Å²) in [4.78, 5) is 8.39. The number of halogens is 2. The molecule has 2 heterocycles. The summed E-state index contributed by atoms with van der Waals surface area (Å²) < 4.78 is 2.45. The molecule has 2 aromatic heterocycles. The van der Waals surface area contributed by atoms with Gasteiger partial charge in [0.2, 0.25) is 0 Å². The maximum absolute atomic E-state index is 3.52. The lowest BCUT2D eigenvalue weighted by atomic mass is 10.0. The Hall–Kier alpha value is 0.200. The molecule has 0 amide bonds. The van der Waals surface area contributed by atoms with Gasteiger partial charge in [-0.3, -0.25) is 0 Å². The van der Waals surface area contributed by atoms with Gasteiger partial charge in [0.25, 0.3) is 0 Å². The van der Waals surface area contributed by atoms with Gasteiger partial charge < -0.3 is 0 Å². The van der Waals surface area contributed by atoms with Crippen LogP contribution in [0, 0.1) is 0 Å². The molecule has 4 rings (SSSR count). The van der Waals surface area contributed by atoms with Crippen molar-refractivity contribution in [2.45, 2.75) is 97.6 Å². The third-order valence-corrected chi connectivity index (χ3v) is 15.8. The maximum Gasteiger partial charge on any atom is 0.0857 e. The first-order chi connectivity index (χ1) is 21.4. The minimum Gasteiger partial charge on any atom is -0.133 e. The van der Waals surface area contributed by atoms with Crippen LogP contribution >= 0.6 is 102 Å². The Balaban J connectivity index is 0.000000404. The standard InChI is InChI=1S/C30H40S3.C6H6Br2S3/c1-5-7-9-11-13-23-15-19-25(20-16-23)27-29(31-3)30(32-4)28(33-27)26-21-17-24(18-22-26)14-12-10-8-6-2;1-9-3-4(10-2)6(8)11-5(3)7/h15-22H,5-14H2,1-4H3;1-2H3. The zero-order valence-corrected chi connectivity index (χ0v) is 35.0. The SMILES string of the molecule is CCCCCCc1ccc(-c2sc(-c3ccc(CCCCCC)cc3)c(SC)c2SC)cc1.CSc1c(Br)sc(Br)c1SC. The fraction of sp³-hybridized carbons (Fsp3) is 0.444. The summed E-state index contributed by atoms with van der Waals surface area (Å²) in [6.45, 7) is 4.55. The van der Waals surface area contributed by atoms with Crippen molar-refractivity contribution in [1.82, 2.24) is 0 Å². The molecule has 0 atom stereocenters.